The molecule has 0 bridgehead atoms. The summed E-state index contributed by atoms with van der Waals surface area (Å²) in [4.78, 5) is 10.3. The van der Waals surface area contributed by atoms with Crippen molar-refractivity contribution >= 4 is 33.2 Å². The molecule has 78 valence electrons. The maximum absolute atomic E-state index is 5.65. The Bertz CT molecular complexity index is 326. The van der Waals surface area contributed by atoms with Crippen LogP contribution in [0.1, 0.15) is 10.7 Å². The van der Waals surface area contributed by atoms with Crippen LogP contribution in [-0.4, -0.2) is 29.9 Å². The van der Waals surface area contributed by atoms with Crippen LogP contribution in [0.3, 0.4) is 0 Å². The molecule has 0 aliphatic rings. The highest BCUT2D eigenvalue weighted by Crippen LogP contribution is 2.24. The molecule has 14 heavy (non-hydrogen) atoms. The minimum absolute atomic E-state index is 0.522. The van der Waals surface area contributed by atoms with Gasteiger partial charge in [-0.2, -0.15) is 0 Å². The summed E-state index contributed by atoms with van der Waals surface area (Å²) in [5.74, 6) is 0.522. The van der Waals surface area contributed by atoms with E-state index in [0.717, 1.165) is 14.5 Å². The first-order valence-electron chi connectivity index (χ1n) is 4.09. The van der Waals surface area contributed by atoms with Crippen molar-refractivity contribution in [3.05, 3.63) is 14.5 Å². The van der Waals surface area contributed by atoms with Crippen molar-refractivity contribution < 1.29 is 0 Å². The van der Waals surface area contributed by atoms with Crippen LogP contribution in [0.5, 0.6) is 0 Å². The van der Waals surface area contributed by atoms with Crippen LogP contribution in [-0.2, 0) is 6.54 Å². The molecule has 0 saturated carbocycles. The highest BCUT2D eigenvalue weighted by molar-refractivity contribution is 9.11. The van der Waals surface area contributed by atoms with Crippen molar-refractivity contribution in [3.8, 4) is 0 Å². The summed E-state index contributed by atoms with van der Waals surface area (Å²) in [5, 5.41) is 0.971. The first-order valence-corrected chi connectivity index (χ1v) is 5.70. The van der Waals surface area contributed by atoms with E-state index in [-0.39, 0.29) is 0 Å². The van der Waals surface area contributed by atoms with E-state index in [4.69, 9.17) is 5.73 Å². The van der Waals surface area contributed by atoms with Gasteiger partial charge in [0.25, 0.3) is 0 Å². The van der Waals surface area contributed by atoms with Crippen molar-refractivity contribution in [3.63, 3.8) is 0 Å². The molecule has 0 aliphatic heterocycles. The quantitative estimate of drug-likeness (QED) is 0.659. The van der Waals surface area contributed by atoms with Crippen LogP contribution < -0.4 is 5.73 Å². The zero-order valence-electron chi connectivity index (χ0n) is 8.41. The van der Waals surface area contributed by atoms with Gasteiger partial charge in [-0.3, -0.25) is 0 Å². The number of aliphatic imine (C=N–C) groups is 1. The minimum Gasteiger partial charge on any atom is -0.370 e. The molecule has 0 aromatic carbocycles. The summed E-state index contributed by atoms with van der Waals surface area (Å²) in [6, 6.07) is 0. The van der Waals surface area contributed by atoms with Gasteiger partial charge < -0.3 is 10.6 Å². The van der Waals surface area contributed by atoms with Gasteiger partial charge in [-0.1, -0.05) is 0 Å². The number of nitrogens with two attached hydrogens (primary N) is 1. The van der Waals surface area contributed by atoms with Crippen LogP contribution in [0, 0.1) is 6.92 Å². The summed E-state index contributed by atoms with van der Waals surface area (Å²) in [5.41, 5.74) is 6.65. The molecule has 0 fully saturated rings. The third kappa shape index (κ3) is 2.95. The molecule has 0 amide bonds. The molecule has 0 radical (unpaired) electrons. The average Bonchev–Trinajstić information content (AvgIpc) is 2.42. The van der Waals surface area contributed by atoms with Gasteiger partial charge in [0.1, 0.15) is 5.01 Å². The number of thiazole rings is 1. The molecule has 0 spiro atoms. The molecule has 0 atom stereocenters. The molecule has 0 aliphatic carbocycles. The SMILES string of the molecule is Cc1nc(CN=C(N)N(C)C)sc1Br. The molecule has 0 saturated heterocycles. The Hall–Kier alpha value is -0.620. The predicted molar refractivity (Wildman–Crippen MR) is 63.6 cm³/mol. The standard InChI is InChI=1S/C8H13BrN4S/c1-5-7(9)14-6(12-5)4-11-8(10)13(2)3/h4H2,1-3H3,(H2,10,11). The van der Waals surface area contributed by atoms with Crippen molar-refractivity contribution in [2.75, 3.05) is 14.1 Å². The van der Waals surface area contributed by atoms with Crippen LogP contribution in [0.2, 0.25) is 0 Å². The molecule has 1 aromatic heterocycles. The van der Waals surface area contributed by atoms with Gasteiger partial charge in [-0.15, -0.1) is 11.3 Å². The van der Waals surface area contributed by atoms with Crippen LogP contribution in [0.4, 0.5) is 0 Å². The maximum Gasteiger partial charge on any atom is 0.191 e. The van der Waals surface area contributed by atoms with Crippen molar-refractivity contribution in [1.82, 2.24) is 9.88 Å². The van der Waals surface area contributed by atoms with Gasteiger partial charge in [-0.05, 0) is 22.9 Å². The molecule has 0 unspecified atom stereocenters. The van der Waals surface area contributed by atoms with E-state index in [0.29, 0.717) is 12.5 Å². The van der Waals surface area contributed by atoms with E-state index in [2.05, 4.69) is 25.9 Å². The first-order chi connectivity index (χ1) is 6.50. The Morgan fingerprint density at radius 2 is 2.29 bits per heavy atom. The Labute approximate surface area is 96.0 Å². The topological polar surface area (TPSA) is 54.5 Å². The number of aryl methyl sites for hydroxylation is 1. The van der Waals surface area contributed by atoms with E-state index < -0.39 is 0 Å². The fraction of sp³-hybridized carbons (Fsp3) is 0.500. The highest BCUT2D eigenvalue weighted by atomic mass is 79.9. The lowest BCUT2D eigenvalue weighted by Gasteiger charge is -2.09. The Balaban J connectivity index is 2.66. The molecule has 6 heteroatoms. The summed E-state index contributed by atoms with van der Waals surface area (Å²) in [6.45, 7) is 2.50. The summed E-state index contributed by atoms with van der Waals surface area (Å²) >= 11 is 5.01. The third-order valence-electron chi connectivity index (χ3n) is 1.62. The molecular formula is C8H13BrN4S. The molecule has 1 rings (SSSR count). The Morgan fingerprint density at radius 3 is 2.71 bits per heavy atom. The van der Waals surface area contributed by atoms with Crippen LogP contribution in [0.25, 0.3) is 0 Å². The van der Waals surface area contributed by atoms with Gasteiger partial charge in [-0.25, -0.2) is 9.98 Å². The summed E-state index contributed by atoms with van der Waals surface area (Å²) < 4.78 is 1.06. The lowest BCUT2D eigenvalue weighted by Crippen LogP contribution is -2.30. The normalized spacial score (nSPS) is 11.9. The number of hydrogen-bond acceptors (Lipinski definition) is 3. The second-order valence-electron chi connectivity index (χ2n) is 3.04. The van der Waals surface area contributed by atoms with Crippen molar-refractivity contribution in [1.29, 1.82) is 0 Å². The van der Waals surface area contributed by atoms with E-state index >= 15 is 0 Å². The van der Waals surface area contributed by atoms with Gasteiger partial charge in [0, 0.05) is 14.1 Å². The smallest absolute Gasteiger partial charge is 0.191 e. The predicted octanol–water partition coefficient (Wildman–Crippen LogP) is 1.59. The maximum atomic E-state index is 5.65. The van der Waals surface area contributed by atoms with Gasteiger partial charge >= 0.3 is 0 Å². The zero-order chi connectivity index (χ0) is 10.7. The number of aromatic nitrogens is 1. The Kier molecular flexibility index (Phi) is 3.88. The third-order valence-corrected chi connectivity index (χ3v) is 3.61. The molecule has 2 N–H and O–H groups in total. The summed E-state index contributed by atoms with van der Waals surface area (Å²) in [6.07, 6.45) is 0. The number of hydrogen-bond donors (Lipinski definition) is 1. The second kappa shape index (κ2) is 4.75. The van der Waals surface area contributed by atoms with Gasteiger partial charge in [0.2, 0.25) is 0 Å². The minimum atomic E-state index is 0.522. The monoisotopic (exact) mass is 276 g/mol. The first kappa shape index (κ1) is 11.5. The fourth-order valence-corrected chi connectivity index (χ4v) is 2.15. The molecule has 1 heterocycles. The zero-order valence-corrected chi connectivity index (χ0v) is 10.8. The largest absolute Gasteiger partial charge is 0.370 e. The lowest BCUT2D eigenvalue weighted by atomic mass is 10.6. The van der Waals surface area contributed by atoms with E-state index in [1.165, 1.54) is 0 Å². The van der Waals surface area contributed by atoms with E-state index in [9.17, 15) is 0 Å². The van der Waals surface area contributed by atoms with E-state index in [1.807, 2.05) is 21.0 Å². The molecule has 4 nitrogen and oxygen atoms in total. The summed E-state index contributed by atoms with van der Waals surface area (Å²) in [7, 11) is 3.73. The van der Waals surface area contributed by atoms with Crippen LogP contribution in [0.15, 0.2) is 8.78 Å². The average molecular weight is 277 g/mol. The number of nitrogens with zero attached hydrogens (tertiary/aromatic N) is 3. The Morgan fingerprint density at radius 1 is 1.64 bits per heavy atom. The molecule has 1 aromatic rings. The second-order valence-corrected chi connectivity index (χ2v) is 5.44. The highest BCUT2D eigenvalue weighted by Gasteiger charge is 2.04. The molecular weight excluding hydrogens is 264 g/mol. The van der Waals surface area contributed by atoms with E-state index in [1.54, 1.807) is 16.2 Å². The fourth-order valence-electron chi connectivity index (χ4n) is 0.789. The van der Waals surface area contributed by atoms with Crippen molar-refractivity contribution in [2.24, 2.45) is 10.7 Å². The number of rotatable bonds is 2. The number of halogens is 1. The van der Waals surface area contributed by atoms with Crippen molar-refractivity contribution in [2.45, 2.75) is 13.5 Å². The lowest BCUT2D eigenvalue weighted by molar-refractivity contribution is 0.609. The van der Waals surface area contributed by atoms with Gasteiger partial charge in [0.15, 0.2) is 5.96 Å². The van der Waals surface area contributed by atoms with Gasteiger partial charge in [0.05, 0.1) is 16.0 Å². The number of guanidine groups is 1. The van der Waals surface area contributed by atoms with Crippen LogP contribution >= 0.6 is 27.3 Å².